The van der Waals surface area contributed by atoms with E-state index < -0.39 is 0 Å². The van der Waals surface area contributed by atoms with Gasteiger partial charge in [-0.25, -0.2) is 9.97 Å². The van der Waals surface area contributed by atoms with Gasteiger partial charge < -0.3 is 14.5 Å². The molecule has 34 heavy (non-hydrogen) atoms. The number of aryl methyl sites for hydroxylation is 1. The lowest BCUT2D eigenvalue weighted by molar-refractivity contribution is 0.0733. The highest BCUT2D eigenvalue weighted by molar-refractivity contribution is 6.36. The van der Waals surface area contributed by atoms with Crippen LogP contribution in [0.5, 0.6) is 0 Å². The maximum atomic E-state index is 13.3. The fourth-order valence-electron chi connectivity index (χ4n) is 4.57. The highest BCUT2D eigenvalue weighted by Crippen LogP contribution is 2.30. The van der Waals surface area contributed by atoms with Crippen molar-refractivity contribution in [1.82, 2.24) is 14.9 Å². The molecule has 5 rings (SSSR count). The summed E-state index contributed by atoms with van der Waals surface area (Å²) >= 11 is 12.3. The predicted octanol–water partition coefficient (Wildman–Crippen LogP) is 4.72. The molecule has 0 radical (unpaired) electrons. The third-order valence-corrected chi connectivity index (χ3v) is 6.84. The third kappa shape index (κ3) is 4.90. The van der Waals surface area contributed by atoms with Crippen molar-refractivity contribution in [3.63, 3.8) is 0 Å². The molecule has 1 fully saturated rings. The average Bonchev–Trinajstić information content (AvgIpc) is 2.83. The lowest BCUT2D eigenvalue weighted by Crippen LogP contribution is -2.41. The Morgan fingerprint density at radius 2 is 1.88 bits per heavy atom. The van der Waals surface area contributed by atoms with Crippen LogP contribution in [0, 0.1) is 6.92 Å². The van der Waals surface area contributed by atoms with Crippen LogP contribution in [0.1, 0.15) is 38.6 Å². The molecule has 176 valence electrons. The fourth-order valence-corrected chi connectivity index (χ4v) is 5.06. The van der Waals surface area contributed by atoms with Crippen molar-refractivity contribution in [2.75, 3.05) is 37.7 Å². The second-order valence-electron chi connectivity index (χ2n) is 8.75. The predicted molar refractivity (Wildman–Crippen MR) is 134 cm³/mol. The molecule has 6 nitrogen and oxygen atoms in total. The average molecular weight is 497 g/mol. The molecule has 0 atom stereocenters. The number of benzene rings is 2. The molecule has 0 N–H and O–H groups in total. The van der Waals surface area contributed by atoms with Crippen molar-refractivity contribution in [3.8, 4) is 0 Å². The third-order valence-electron chi connectivity index (χ3n) is 6.29. The summed E-state index contributed by atoms with van der Waals surface area (Å²) in [6.07, 6.45) is 1.35. The van der Waals surface area contributed by atoms with E-state index in [-0.39, 0.29) is 5.91 Å². The lowest BCUT2D eigenvalue weighted by Gasteiger charge is -2.34. The Hall–Kier alpha value is -2.67. The van der Waals surface area contributed by atoms with Gasteiger partial charge in [0.1, 0.15) is 11.6 Å². The Morgan fingerprint density at radius 3 is 2.65 bits per heavy atom. The zero-order valence-electron chi connectivity index (χ0n) is 19.1. The van der Waals surface area contributed by atoms with Gasteiger partial charge in [0, 0.05) is 43.1 Å². The smallest absolute Gasteiger partial charge is 0.255 e. The van der Waals surface area contributed by atoms with E-state index in [0.29, 0.717) is 54.8 Å². The molecule has 8 heteroatoms. The van der Waals surface area contributed by atoms with Crippen molar-refractivity contribution in [3.05, 3.63) is 86.3 Å². The number of amides is 1. The van der Waals surface area contributed by atoms with Crippen LogP contribution in [-0.2, 0) is 24.1 Å². The first kappa shape index (κ1) is 23.1. The van der Waals surface area contributed by atoms with Gasteiger partial charge >= 0.3 is 0 Å². The van der Waals surface area contributed by atoms with Crippen molar-refractivity contribution in [2.24, 2.45) is 0 Å². The Labute approximate surface area is 209 Å². The van der Waals surface area contributed by atoms with E-state index in [2.05, 4.69) is 36.1 Å². The van der Waals surface area contributed by atoms with Gasteiger partial charge in [-0.2, -0.15) is 0 Å². The standard InChI is InChI=1S/C26H26Cl2N4O2/c1-17-3-2-4-18(13-17)14-24-29-23-7-8-32(26(33)20-6-5-19(27)15-22(20)28)16-21(23)25(30-24)31-9-11-34-12-10-31/h2-6,13,15H,7-12,14,16H2,1H3. The number of carbonyl (C=O) groups excluding carboxylic acids is 1. The molecular weight excluding hydrogens is 471 g/mol. The van der Waals surface area contributed by atoms with Gasteiger partial charge in [0.25, 0.3) is 5.91 Å². The molecule has 0 bridgehead atoms. The molecule has 0 spiro atoms. The first-order chi connectivity index (χ1) is 16.5. The normalized spacial score (nSPS) is 15.9. The zero-order valence-corrected chi connectivity index (χ0v) is 20.6. The zero-order chi connectivity index (χ0) is 23.7. The maximum absolute atomic E-state index is 13.3. The highest BCUT2D eigenvalue weighted by Gasteiger charge is 2.29. The molecule has 2 aromatic carbocycles. The molecule has 3 aromatic rings. The number of fused-ring (bicyclic) bond motifs is 1. The molecule has 1 aromatic heterocycles. The summed E-state index contributed by atoms with van der Waals surface area (Å²) in [5, 5.41) is 0.871. The van der Waals surface area contributed by atoms with Gasteiger partial charge in [-0.05, 0) is 30.7 Å². The summed E-state index contributed by atoms with van der Waals surface area (Å²) in [6, 6.07) is 13.4. The molecule has 2 aliphatic heterocycles. The van der Waals surface area contributed by atoms with Crippen molar-refractivity contribution in [2.45, 2.75) is 26.3 Å². The number of hydrogen-bond donors (Lipinski definition) is 0. The van der Waals surface area contributed by atoms with E-state index >= 15 is 0 Å². The van der Waals surface area contributed by atoms with Crippen LogP contribution in [0.4, 0.5) is 5.82 Å². The number of morpholine rings is 1. The van der Waals surface area contributed by atoms with E-state index in [0.717, 1.165) is 36.0 Å². The molecule has 0 aliphatic carbocycles. The fraction of sp³-hybridized carbons (Fsp3) is 0.346. The minimum atomic E-state index is -0.107. The van der Waals surface area contributed by atoms with E-state index in [1.165, 1.54) is 11.1 Å². The van der Waals surface area contributed by atoms with E-state index in [9.17, 15) is 4.79 Å². The van der Waals surface area contributed by atoms with Crippen LogP contribution in [0.3, 0.4) is 0 Å². The first-order valence-corrected chi connectivity index (χ1v) is 12.2. The van der Waals surface area contributed by atoms with Crippen molar-refractivity contribution >= 4 is 34.9 Å². The second-order valence-corrected chi connectivity index (χ2v) is 9.60. The van der Waals surface area contributed by atoms with Gasteiger partial charge in [0.05, 0.1) is 36.0 Å². The Kier molecular flexibility index (Phi) is 6.73. The molecule has 1 saturated heterocycles. The van der Waals surface area contributed by atoms with Crippen LogP contribution < -0.4 is 4.90 Å². The first-order valence-electron chi connectivity index (χ1n) is 11.5. The number of hydrogen-bond acceptors (Lipinski definition) is 5. The van der Waals surface area contributed by atoms with Crippen molar-refractivity contribution < 1.29 is 9.53 Å². The summed E-state index contributed by atoms with van der Waals surface area (Å²) in [7, 11) is 0. The van der Waals surface area contributed by atoms with Gasteiger partial charge in [-0.3, -0.25) is 4.79 Å². The number of anilines is 1. The summed E-state index contributed by atoms with van der Waals surface area (Å²) in [5.41, 5.74) is 4.90. The molecule has 0 saturated carbocycles. The largest absolute Gasteiger partial charge is 0.378 e. The maximum Gasteiger partial charge on any atom is 0.255 e. The number of carbonyl (C=O) groups is 1. The number of aromatic nitrogens is 2. The van der Waals surface area contributed by atoms with Gasteiger partial charge in [-0.15, -0.1) is 0 Å². The molecule has 0 unspecified atom stereocenters. The van der Waals surface area contributed by atoms with Crippen LogP contribution in [0.15, 0.2) is 42.5 Å². The quantitative estimate of drug-likeness (QED) is 0.522. The van der Waals surface area contributed by atoms with E-state index in [1.54, 1.807) is 18.2 Å². The molecule has 1 amide bonds. The second kappa shape index (κ2) is 9.90. The Balaban J connectivity index is 1.47. The van der Waals surface area contributed by atoms with Crippen LogP contribution in [0.25, 0.3) is 0 Å². The molecule has 3 heterocycles. The monoisotopic (exact) mass is 496 g/mol. The number of halogens is 2. The minimum absolute atomic E-state index is 0.107. The van der Waals surface area contributed by atoms with E-state index in [4.69, 9.17) is 37.9 Å². The minimum Gasteiger partial charge on any atom is -0.378 e. The Morgan fingerprint density at radius 1 is 1.06 bits per heavy atom. The molecule has 2 aliphatic rings. The van der Waals surface area contributed by atoms with Gasteiger partial charge in [0.2, 0.25) is 0 Å². The lowest BCUT2D eigenvalue weighted by atomic mass is 10.0. The van der Waals surface area contributed by atoms with Crippen molar-refractivity contribution in [1.29, 1.82) is 0 Å². The number of nitrogens with zero attached hydrogens (tertiary/aromatic N) is 4. The summed E-state index contributed by atoms with van der Waals surface area (Å²) in [6.45, 7) is 5.98. The number of rotatable bonds is 4. The topological polar surface area (TPSA) is 58.6 Å². The van der Waals surface area contributed by atoms with Gasteiger partial charge in [-0.1, -0.05) is 53.0 Å². The summed E-state index contributed by atoms with van der Waals surface area (Å²) < 4.78 is 5.57. The van der Waals surface area contributed by atoms with Crippen LogP contribution in [0.2, 0.25) is 10.0 Å². The Bertz CT molecular complexity index is 1230. The number of ether oxygens (including phenoxy) is 1. The summed E-state index contributed by atoms with van der Waals surface area (Å²) in [5.74, 6) is 1.62. The van der Waals surface area contributed by atoms with E-state index in [1.807, 2.05) is 4.90 Å². The van der Waals surface area contributed by atoms with Gasteiger partial charge in [0.15, 0.2) is 0 Å². The van der Waals surface area contributed by atoms with Crippen LogP contribution in [-0.4, -0.2) is 53.6 Å². The highest BCUT2D eigenvalue weighted by atomic mass is 35.5. The SMILES string of the molecule is Cc1cccc(Cc2nc3c(c(N4CCOCC4)n2)CN(C(=O)c2ccc(Cl)cc2Cl)CC3)c1. The molecular formula is C26H26Cl2N4O2. The van der Waals surface area contributed by atoms with Crippen LogP contribution >= 0.6 is 23.2 Å². The summed E-state index contributed by atoms with van der Waals surface area (Å²) in [4.78, 5) is 27.3.